The fourth-order valence-electron chi connectivity index (χ4n) is 3.41. The number of carbonyl (C=O) groups is 1. The second-order valence-electron chi connectivity index (χ2n) is 6.81. The second-order valence-corrected chi connectivity index (χ2v) is 9.04. The Bertz CT molecular complexity index is 915. The van der Waals surface area contributed by atoms with Crippen LogP contribution in [-0.2, 0) is 9.84 Å². The minimum absolute atomic E-state index is 0.0554. The van der Waals surface area contributed by atoms with Gasteiger partial charge in [-0.15, -0.1) is 0 Å². The molecule has 1 fully saturated rings. The highest BCUT2D eigenvalue weighted by atomic mass is 32.2. The average molecular weight is 375 g/mol. The Kier molecular flexibility index (Phi) is 5.14. The molecule has 0 aromatic heterocycles. The van der Waals surface area contributed by atoms with Gasteiger partial charge in [0.2, 0.25) is 0 Å². The molecule has 1 amide bonds. The van der Waals surface area contributed by atoms with Gasteiger partial charge in [-0.1, -0.05) is 17.7 Å². The molecular formula is C20H22FNO3S. The van der Waals surface area contributed by atoms with Gasteiger partial charge in [-0.2, -0.15) is 0 Å². The summed E-state index contributed by atoms with van der Waals surface area (Å²) in [5.41, 5.74) is 2.69. The SMILES string of the molecule is Cc1ccc(C(=O)N2CCC(S(=O)(=O)c3ccc(F)cc3)CC2)c(C)c1. The van der Waals surface area contributed by atoms with Gasteiger partial charge in [0.25, 0.3) is 5.91 Å². The second kappa shape index (κ2) is 7.19. The largest absolute Gasteiger partial charge is 0.339 e. The lowest BCUT2D eigenvalue weighted by atomic mass is 10.0. The molecule has 6 heteroatoms. The number of sulfone groups is 1. The molecule has 0 atom stereocenters. The number of halogens is 1. The van der Waals surface area contributed by atoms with Gasteiger partial charge in [-0.3, -0.25) is 4.79 Å². The maximum Gasteiger partial charge on any atom is 0.254 e. The standard InChI is InChI=1S/C20H22FNO3S/c1-14-3-8-19(15(2)13-14)20(23)22-11-9-18(10-12-22)26(24,25)17-6-4-16(21)5-7-17/h3-8,13,18H,9-12H2,1-2H3. The minimum Gasteiger partial charge on any atom is -0.339 e. The highest BCUT2D eigenvalue weighted by Crippen LogP contribution is 2.26. The third-order valence-corrected chi connectivity index (χ3v) is 7.20. The third-order valence-electron chi connectivity index (χ3n) is 4.92. The van der Waals surface area contributed by atoms with Crippen molar-refractivity contribution in [2.45, 2.75) is 36.8 Å². The molecule has 0 saturated carbocycles. The molecular weight excluding hydrogens is 353 g/mol. The normalized spacial score (nSPS) is 15.9. The van der Waals surface area contributed by atoms with Gasteiger partial charge in [0, 0.05) is 18.7 Å². The van der Waals surface area contributed by atoms with E-state index in [4.69, 9.17) is 0 Å². The van der Waals surface area contributed by atoms with Crippen molar-refractivity contribution in [1.29, 1.82) is 0 Å². The number of piperidine rings is 1. The van der Waals surface area contributed by atoms with Crippen molar-refractivity contribution in [3.63, 3.8) is 0 Å². The Balaban J connectivity index is 1.70. The molecule has 1 saturated heterocycles. The zero-order valence-corrected chi connectivity index (χ0v) is 15.7. The molecule has 1 aliphatic rings. The highest BCUT2D eigenvalue weighted by molar-refractivity contribution is 7.92. The highest BCUT2D eigenvalue weighted by Gasteiger charge is 2.33. The fourth-order valence-corrected chi connectivity index (χ4v) is 5.14. The lowest BCUT2D eigenvalue weighted by Gasteiger charge is -2.32. The first-order valence-electron chi connectivity index (χ1n) is 8.65. The Morgan fingerprint density at radius 2 is 1.65 bits per heavy atom. The number of hydrogen-bond acceptors (Lipinski definition) is 3. The van der Waals surface area contributed by atoms with Crippen LogP contribution in [0.1, 0.15) is 34.3 Å². The van der Waals surface area contributed by atoms with Crippen LogP contribution < -0.4 is 0 Å². The van der Waals surface area contributed by atoms with Gasteiger partial charge in [-0.25, -0.2) is 12.8 Å². The fraction of sp³-hybridized carbons (Fsp3) is 0.350. The van der Waals surface area contributed by atoms with Gasteiger partial charge < -0.3 is 4.90 Å². The Morgan fingerprint density at radius 3 is 2.23 bits per heavy atom. The van der Waals surface area contributed by atoms with Crippen LogP contribution in [0.4, 0.5) is 4.39 Å². The number of nitrogens with zero attached hydrogens (tertiary/aromatic N) is 1. The van der Waals surface area contributed by atoms with Crippen LogP contribution in [0.25, 0.3) is 0 Å². The first-order chi connectivity index (χ1) is 12.3. The van der Waals surface area contributed by atoms with E-state index in [1.165, 1.54) is 12.1 Å². The third kappa shape index (κ3) is 3.65. The van der Waals surface area contributed by atoms with Crippen LogP contribution >= 0.6 is 0 Å². The van der Waals surface area contributed by atoms with Crippen LogP contribution in [0.15, 0.2) is 47.4 Å². The molecule has 4 nitrogen and oxygen atoms in total. The van der Waals surface area contributed by atoms with Gasteiger partial charge in [-0.05, 0) is 62.6 Å². The Hall–Kier alpha value is -2.21. The van der Waals surface area contributed by atoms with E-state index in [-0.39, 0.29) is 10.8 Å². The summed E-state index contributed by atoms with van der Waals surface area (Å²) in [5, 5.41) is -0.545. The number of likely N-dealkylation sites (tertiary alicyclic amines) is 1. The number of hydrogen-bond donors (Lipinski definition) is 0. The number of benzene rings is 2. The quantitative estimate of drug-likeness (QED) is 0.772. The summed E-state index contributed by atoms with van der Waals surface area (Å²) < 4.78 is 38.5. The summed E-state index contributed by atoms with van der Waals surface area (Å²) in [7, 11) is -3.51. The molecule has 2 aromatic carbocycles. The van der Waals surface area contributed by atoms with Crippen LogP contribution in [0.5, 0.6) is 0 Å². The van der Waals surface area contributed by atoms with Crippen molar-refractivity contribution in [3.8, 4) is 0 Å². The minimum atomic E-state index is -3.51. The summed E-state index contributed by atoms with van der Waals surface area (Å²) >= 11 is 0. The maximum atomic E-state index is 13.0. The summed E-state index contributed by atoms with van der Waals surface area (Å²) in [4.78, 5) is 14.6. The Morgan fingerprint density at radius 1 is 1.04 bits per heavy atom. The van der Waals surface area contributed by atoms with Crippen molar-refractivity contribution >= 4 is 15.7 Å². The molecule has 0 radical (unpaired) electrons. The lowest BCUT2D eigenvalue weighted by molar-refractivity contribution is 0.0725. The van der Waals surface area contributed by atoms with Crippen LogP contribution in [-0.4, -0.2) is 37.6 Å². The smallest absolute Gasteiger partial charge is 0.254 e. The van der Waals surface area contributed by atoms with E-state index in [1.54, 1.807) is 4.90 Å². The average Bonchev–Trinajstić information content (AvgIpc) is 2.62. The van der Waals surface area contributed by atoms with Crippen molar-refractivity contribution in [1.82, 2.24) is 4.90 Å². The molecule has 26 heavy (non-hydrogen) atoms. The summed E-state index contributed by atoms with van der Waals surface area (Å²) in [6.45, 7) is 4.69. The molecule has 0 unspecified atom stereocenters. The summed E-state index contributed by atoms with van der Waals surface area (Å²) in [6.07, 6.45) is 0.771. The van der Waals surface area contributed by atoms with Crippen LogP contribution in [0.3, 0.4) is 0 Å². The van der Waals surface area contributed by atoms with Gasteiger partial charge in [0.15, 0.2) is 9.84 Å². The van der Waals surface area contributed by atoms with Gasteiger partial charge >= 0.3 is 0 Å². The van der Waals surface area contributed by atoms with Crippen molar-refractivity contribution < 1.29 is 17.6 Å². The molecule has 3 rings (SSSR count). The number of aryl methyl sites for hydroxylation is 2. The summed E-state index contributed by atoms with van der Waals surface area (Å²) in [6, 6.07) is 10.6. The predicted octanol–water partition coefficient (Wildman–Crippen LogP) is 3.52. The summed E-state index contributed by atoms with van der Waals surface area (Å²) in [5.74, 6) is -0.516. The monoisotopic (exact) mass is 375 g/mol. The van der Waals surface area contributed by atoms with Gasteiger partial charge in [0.05, 0.1) is 10.1 Å². The first kappa shape index (κ1) is 18.6. The number of carbonyl (C=O) groups excluding carboxylic acids is 1. The van der Waals surface area contributed by atoms with Crippen molar-refractivity contribution in [2.24, 2.45) is 0 Å². The zero-order chi connectivity index (χ0) is 18.9. The van der Waals surface area contributed by atoms with E-state index in [2.05, 4.69) is 0 Å². The van der Waals surface area contributed by atoms with Crippen LogP contribution in [0, 0.1) is 19.7 Å². The molecule has 0 N–H and O–H groups in total. The molecule has 2 aromatic rings. The lowest BCUT2D eigenvalue weighted by Crippen LogP contribution is -2.42. The maximum absolute atomic E-state index is 13.0. The Labute approximate surface area is 153 Å². The van der Waals surface area contributed by atoms with E-state index >= 15 is 0 Å². The molecule has 0 aliphatic carbocycles. The van der Waals surface area contributed by atoms with E-state index in [9.17, 15) is 17.6 Å². The van der Waals surface area contributed by atoms with Crippen molar-refractivity contribution in [2.75, 3.05) is 13.1 Å². The van der Waals surface area contributed by atoms with E-state index in [0.717, 1.165) is 23.3 Å². The van der Waals surface area contributed by atoms with Crippen LogP contribution in [0.2, 0.25) is 0 Å². The molecule has 0 bridgehead atoms. The number of rotatable bonds is 3. The molecule has 1 heterocycles. The first-order valence-corrected chi connectivity index (χ1v) is 10.2. The predicted molar refractivity (Wildman–Crippen MR) is 98.4 cm³/mol. The number of amides is 1. The topological polar surface area (TPSA) is 54.5 Å². The van der Waals surface area contributed by atoms with Crippen molar-refractivity contribution in [3.05, 3.63) is 65.0 Å². The van der Waals surface area contributed by atoms with E-state index < -0.39 is 20.9 Å². The zero-order valence-electron chi connectivity index (χ0n) is 14.9. The van der Waals surface area contributed by atoms with E-state index in [1.807, 2.05) is 32.0 Å². The molecule has 1 aliphatic heterocycles. The van der Waals surface area contributed by atoms with E-state index in [0.29, 0.717) is 31.5 Å². The molecule has 0 spiro atoms. The van der Waals surface area contributed by atoms with Gasteiger partial charge in [0.1, 0.15) is 5.82 Å². The molecule has 138 valence electrons.